The molecule has 60 valence electrons. The number of pyridine rings is 1. The summed E-state index contributed by atoms with van der Waals surface area (Å²) < 4.78 is 10.7. The van der Waals surface area contributed by atoms with Gasteiger partial charge in [0.1, 0.15) is 0 Å². The van der Waals surface area contributed by atoms with Crippen LogP contribution in [0.5, 0.6) is 11.6 Å². The third kappa shape index (κ3) is 1.83. The molecule has 0 atom stereocenters. The quantitative estimate of drug-likeness (QED) is 0.759. The van der Waals surface area contributed by atoms with Crippen LogP contribution in [-0.4, -0.2) is 19.2 Å². The van der Waals surface area contributed by atoms with Crippen LogP contribution in [0.15, 0.2) is 16.7 Å². The van der Waals surface area contributed by atoms with Crippen LogP contribution in [0, 0.1) is 0 Å². The number of rotatable bonds is 2. The summed E-state index contributed by atoms with van der Waals surface area (Å²) >= 11 is 3.30. The van der Waals surface area contributed by atoms with Crippen molar-refractivity contribution in [2.45, 2.75) is 0 Å². The fourth-order valence-corrected chi connectivity index (χ4v) is 1.12. The molecule has 4 heteroatoms. The largest absolute Gasteiger partial charge is 0.494 e. The third-order valence-corrected chi connectivity index (χ3v) is 1.84. The Kier molecular flexibility index (Phi) is 2.70. The zero-order valence-electron chi connectivity index (χ0n) is 6.30. The lowest BCUT2D eigenvalue weighted by Gasteiger charge is -2.03. The van der Waals surface area contributed by atoms with Gasteiger partial charge in [-0.25, -0.2) is 4.98 Å². The first-order valence-electron chi connectivity index (χ1n) is 3.01. The molecule has 0 bridgehead atoms. The minimum absolute atomic E-state index is 0.567. The number of hydrogen-bond donors (Lipinski definition) is 0. The van der Waals surface area contributed by atoms with Crippen LogP contribution >= 0.6 is 15.9 Å². The molecule has 0 saturated heterocycles. The standard InChI is InChI=1S/C7H8BrNO2/c1-10-6-4-9-7(11-2)3-5(6)8/h3-4H,1-2H3. The number of ether oxygens (including phenoxy) is 2. The highest BCUT2D eigenvalue weighted by Gasteiger charge is 2.01. The minimum Gasteiger partial charge on any atom is -0.494 e. The van der Waals surface area contributed by atoms with Crippen molar-refractivity contribution in [1.82, 2.24) is 4.98 Å². The second-order valence-electron chi connectivity index (χ2n) is 1.86. The lowest BCUT2D eigenvalue weighted by molar-refractivity contribution is 0.386. The van der Waals surface area contributed by atoms with Crippen molar-refractivity contribution < 1.29 is 9.47 Å². The average Bonchev–Trinajstić information content (AvgIpc) is 2.04. The fraction of sp³-hybridized carbons (Fsp3) is 0.286. The maximum atomic E-state index is 4.98. The van der Waals surface area contributed by atoms with E-state index in [-0.39, 0.29) is 0 Å². The average molecular weight is 218 g/mol. The molecular weight excluding hydrogens is 210 g/mol. The fourth-order valence-electron chi connectivity index (χ4n) is 0.663. The molecule has 1 aromatic rings. The first-order chi connectivity index (χ1) is 5.27. The zero-order chi connectivity index (χ0) is 8.27. The van der Waals surface area contributed by atoms with Gasteiger partial charge in [0.2, 0.25) is 5.88 Å². The lowest BCUT2D eigenvalue weighted by Crippen LogP contribution is -1.89. The van der Waals surface area contributed by atoms with Crippen molar-refractivity contribution >= 4 is 15.9 Å². The number of halogens is 1. The Morgan fingerprint density at radius 2 is 2.09 bits per heavy atom. The van der Waals surface area contributed by atoms with Crippen LogP contribution < -0.4 is 9.47 Å². The molecule has 0 spiro atoms. The van der Waals surface area contributed by atoms with Crippen LogP contribution in [0.2, 0.25) is 0 Å². The van der Waals surface area contributed by atoms with E-state index in [1.54, 1.807) is 26.5 Å². The van der Waals surface area contributed by atoms with Gasteiger partial charge in [0.15, 0.2) is 5.75 Å². The molecular formula is C7H8BrNO2. The summed E-state index contributed by atoms with van der Waals surface area (Å²) in [6.45, 7) is 0. The predicted molar refractivity (Wildman–Crippen MR) is 45.0 cm³/mol. The number of nitrogens with zero attached hydrogens (tertiary/aromatic N) is 1. The molecule has 0 fully saturated rings. The van der Waals surface area contributed by atoms with Crippen LogP contribution in [0.4, 0.5) is 0 Å². The Morgan fingerprint density at radius 1 is 1.36 bits per heavy atom. The van der Waals surface area contributed by atoms with E-state index in [0.717, 1.165) is 4.47 Å². The highest BCUT2D eigenvalue weighted by Crippen LogP contribution is 2.26. The first-order valence-corrected chi connectivity index (χ1v) is 3.80. The van der Waals surface area contributed by atoms with E-state index in [4.69, 9.17) is 9.47 Å². The van der Waals surface area contributed by atoms with Crippen molar-refractivity contribution in [2.75, 3.05) is 14.2 Å². The topological polar surface area (TPSA) is 31.4 Å². The second kappa shape index (κ2) is 3.57. The monoisotopic (exact) mass is 217 g/mol. The van der Waals surface area contributed by atoms with Crippen LogP contribution in [0.3, 0.4) is 0 Å². The molecule has 1 heterocycles. The Bertz CT molecular complexity index is 252. The summed E-state index contributed by atoms with van der Waals surface area (Å²) in [5.74, 6) is 1.27. The number of aromatic nitrogens is 1. The van der Waals surface area contributed by atoms with Gasteiger partial charge in [-0.1, -0.05) is 0 Å². The van der Waals surface area contributed by atoms with Gasteiger partial charge in [0.25, 0.3) is 0 Å². The molecule has 0 unspecified atom stereocenters. The first kappa shape index (κ1) is 8.33. The van der Waals surface area contributed by atoms with E-state index in [9.17, 15) is 0 Å². The van der Waals surface area contributed by atoms with Gasteiger partial charge in [0, 0.05) is 6.07 Å². The zero-order valence-corrected chi connectivity index (χ0v) is 7.88. The second-order valence-corrected chi connectivity index (χ2v) is 2.72. The molecule has 0 aliphatic carbocycles. The van der Waals surface area contributed by atoms with Gasteiger partial charge in [-0.3, -0.25) is 0 Å². The Morgan fingerprint density at radius 3 is 2.55 bits per heavy atom. The number of hydrogen-bond acceptors (Lipinski definition) is 3. The van der Waals surface area contributed by atoms with E-state index in [1.807, 2.05) is 0 Å². The molecule has 1 rings (SSSR count). The Hall–Kier alpha value is -0.770. The third-order valence-electron chi connectivity index (χ3n) is 1.22. The summed E-state index contributed by atoms with van der Waals surface area (Å²) in [6.07, 6.45) is 1.60. The van der Waals surface area contributed by atoms with Crippen LogP contribution in [0.1, 0.15) is 0 Å². The van der Waals surface area contributed by atoms with E-state index < -0.39 is 0 Å². The summed E-state index contributed by atoms with van der Waals surface area (Å²) in [5.41, 5.74) is 0. The van der Waals surface area contributed by atoms with Gasteiger partial charge < -0.3 is 9.47 Å². The summed E-state index contributed by atoms with van der Waals surface area (Å²) in [7, 11) is 3.16. The highest BCUT2D eigenvalue weighted by molar-refractivity contribution is 9.10. The Labute approximate surface area is 73.5 Å². The summed E-state index contributed by atoms with van der Waals surface area (Å²) in [5, 5.41) is 0. The Balaban J connectivity index is 2.99. The SMILES string of the molecule is COc1cc(Br)c(OC)cn1. The van der Waals surface area contributed by atoms with Gasteiger partial charge in [-0.15, -0.1) is 0 Å². The molecule has 3 nitrogen and oxygen atoms in total. The van der Waals surface area contributed by atoms with Gasteiger partial charge in [0.05, 0.1) is 24.9 Å². The molecule has 1 aromatic heterocycles. The number of methoxy groups -OCH3 is 2. The molecule has 0 saturated carbocycles. The van der Waals surface area contributed by atoms with E-state index in [2.05, 4.69) is 20.9 Å². The maximum Gasteiger partial charge on any atom is 0.214 e. The molecule has 0 N–H and O–H groups in total. The van der Waals surface area contributed by atoms with Gasteiger partial charge >= 0.3 is 0 Å². The smallest absolute Gasteiger partial charge is 0.214 e. The summed E-state index contributed by atoms with van der Waals surface area (Å²) in [6, 6.07) is 1.75. The van der Waals surface area contributed by atoms with E-state index in [1.165, 1.54) is 0 Å². The predicted octanol–water partition coefficient (Wildman–Crippen LogP) is 1.86. The molecule has 0 amide bonds. The van der Waals surface area contributed by atoms with E-state index >= 15 is 0 Å². The van der Waals surface area contributed by atoms with Crippen molar-refractivity contribution in [3.05, 3.63) is 16.7 Å². The van der Waals surface area contributed by atoms with Crippen molar-refractivity contribution in [1.29, 1.82) is 0 Å². The maximum absolute atomic E-state index is 4.98. The van der Waals surface area contributed by atoms with Crippen molar-refractivity contribution in [3.8, 4) is 11.6 Å². The van der Waals surface area contributed by atoms with Crippen molar-refractivity contribution in [3.63, 3.8) is 0 Å². The molecule has 0 radical (unpaired) electrons. The van der Waals surface area contributed by atoms with Gasteiger partial charge in [-0.05, 0) is 15.9 Å². The lowest BCUT2D eigenvalue weighted by atomic mass is 10.4. The van der Waals surface area contributed by atoms with Crippen LogP contribution in [0.25, 0.3) is 0 Å². The highest BCUT2D eigenvalue weighted by atomic mass is 79.9. The van der Waals surface area contributed by atoms with Crippen molar-refractivity contribution in [2.24, 2.45) is 0 Å². The molecule has 0 aliphatic rings. The van der Waals surface area contributed by atoms with Gasteiger partial charge in [-0.2, -0.15) is 0 Å². The molecule has 11 heavy (non-hydrogen) atoms. The van der Waals surface area contributed by atoms with E-state index in [0.29, 0.717) is 11.6 Å². The molecule has 0 aromatic carbocycles. The normalized spacial score (nSPS) is 9.36. The summed E-state index contributed by atoms with van der Waals surface area (Å²) in [4.78, 5) is 3.95. The molecule has 0 aliphatic heterocycles. The van der Waals surface area contributed by atoms with Crippen LogP contribution in [-0.2, 0) is 0 Å². The minimum atomic E-state index is 0.567.